The summed E-state index contributed by atoms with van der Waals surface area (Å²) >= 11 is 7.69. The van der Waals surface area contributed by atoms with E-state index in [-0.39, 0.29) is 5.56 Å². The highest BCUT2D eigenvalue weighted by molar-refractivity contribution is 7.13. The van der Waals surface area contributed by atoms with Crippen molar-refractivity contribution in [2.45, 2.75) is 13.3 Å². The van der Waals surface area contributed by atoms with E-state index in [1.807, 2.05) is 0 Å². The third kappa shape index (κ3) is 2.51. The van der Waals surface area contributed by atoms with Crippen LogP contribution < -0.4 is 0 Å². The van der Waals surface area contributed by atoms with E-state index in [0.29, 0.717) is 5.02 Å². The van der Waals surface area contributed by atoms with Gasteiger partial charge in [-0.15, -0.1) is 11.3 Å². The standard InChI is InChI=1S/C13H11ClO2S/c1-2-8-5-12(17-7-8)10-6-9(13(15)16)3-4-11(10)14/h3-7H,2H2,1H3,(H,15,16). The van der Waals surface area contributed by atoms with E-state index in [9.17, 15) is 4.79 Å². The number of benzene rings is 1. The van der Waals surface area contributed by atoms with Crippen molar-refractivity contribution in [3.8, 4) is 10.4 Å². The number of halogens is 1. The second-order valence-electron chi connectivity index (χ2n) is 3.67. The van der Waals surface area contributed by atoms with Gasteiger partial charge >= 0.3 is 5.97 Å². The summed E-state index contributed by atoms with van der Waals surface area (Å²) in [6.45, 7) is 2.08. The molecule has 2 rings (SSSR count). The first-order valence-corrected chi connectivity index (χ1v) is 6.48. The third-order valence-corrected chi connectivity index (χ3v) is 3.88. The van der Waals surface area contributed by atoms with Gasteiger partial charge in [-0.1, -0.05) is 18.5 Å². The van der Waals surface area contributed by atoms with Crippen LogP contribution in [0, 0.1) is 0 Å². The van der Waals surface area contributed by atoms with Gasteiger partial charge in [0.05, 0.1) is 5.56 Å². The lowest BCUT2D eigenvalue weighted by molar-refractivity contribution is 0.0697. The number of carbonyl (C=O) groups is 1. The fourth-order valence-electron chi connectivity index (χ4n) is 1.55. The fraction of sp³-hybridized carbons (Fsp3) is 0.154. The van der Waals surface area contributed by atoms with E-state index >= 15 is 0 Å². The number of hydrogen-bond acceptors (Lipinski definition) is 2. The average Bonchev–Trinajstić information content (AvgIpc) is 2.77. The summed E-state index contributed by atoms with van der Waals surface area (Å²) in [6, 6.07) is 6.82. The lowest BCUT2D eigenvalue weighted by Crippen LogP contribution is -1.95. The first-order valence-electron chi connectivity index (χ1n) is 5.22. The van der Waals surface area contributed by atoms with E-state index in [1.54, 1.807) is 23.5 Å². The van der Waals surface area contributed by atoms with Crippen LogP contribution in [0.4, 0.5) is 0 Å². The smallest absolute Gasteiger partial charge is 0.335 e. The molecule has 0 fully saturated rings. The van der Waals surface area contributed by atoms with Crippen LogP contribution in [0.2, 0.25) is 5.02 Å². The predicted octanol–water partition coefficient (Wildman–Crippen LogP) is 4.33. The topological polar surface area (TPSA) is 37.3 Å². The zero-order chi connectivity index (χ0) is 12.4. The Bertz CT molecular complexity index is 560. The lowest BCUT2D eigenvalue weighted by Gasteiger charge is -2.03. The van der Waals surface area contributed by atoms with Gasteiger partial charge in [-0.25, -0.2) is 4.79 Å². The molecule has 1 heterocycles. The number of rotatable bonds is 3. The number of hydrogen-bond donors (Lipinski definition) is 1. The Morgan fingerprint density at radius 2 is 2.18 bits per heavy atom. The van der Waals surface area contributed by atoms with E-state index < -0.39 is 5.97 Å². The van der Waals surface area contributed by atoms with Gasteiger partial charge in [0, 0.05) is 15.5 Å². The minimum Gasteiger partial charge on any atom is -0.478 e. The third-order valence-electron chi connectivity index (χ3n) is 2.54. The van der Waals surface area contributed by atoms with Crippen molar-refractivity contribution in [3.63, 3.8) is 0 Å². The molecule has 0 bridgehead atoms. The maximum Gasteiger partial charge on any atom is 0.335 e. The van der Waals surface area contributed by atoms with Crippen molar-refractivity contribution in [2.24, 2.45) is 0 Å². The average molecular weight is 267 g/mol. The molecule has 17 heavy (non-hydrogen) atoms. The largest absolute Gasteiger partial charge is 0.478 e. The van der Waals surface area contributed by atoms with Crippen molar-refractivity contribution < 1.29 is 9.90 Å². The van der Waals surface area contributed by atoms with E-state index in [1.165, 1.54) is 11.6 Å². The Kier molecular flexibility index (Phi) is 3.50. The number of carboxylic acids is 1. The number of aromatic carboxylic acids is 1. The molecule has 1 aromatic carbocycles. The van der Waals surface area contributed by atoms with Crippen LogP contribution in [0.5, 0.6) is 0 Å². The van der Waals surface area contributed by atoms with Crippen LogP contribution >= 0.6 is 22.9 Å². The van der Waals surface area contributed by atoms with Gasteiger partial charge in [0.1, 0.15) is 0 Å². The zero-order valence-electron chi connectivity index (χ0n) is 9.24. The molecule has 2 aromatic rings. The fourth-order valence-corrected chi connectivity index (χ4v) is 2.85. The molecule has 0 aliphatic carbocycles. The number of aryl methyl sites for hydroxylation is 1. The quantitative estimate of drug-likeness (QED) is 0.898. The molecule has 0 radical (unpaired) electrons. The minimum atomic E-state index is -0.935. The van der Waals surface area contributed by atoms with Crippen LogP contribution in [-0.4, -0.2) is 11.1 Å². The van der Waals surface area contributed by atoms with Gasteiger partial charge in [-0.05, 0) is 41.6 Å². The Hall–Kier alpha value is -1.32. The lowest BCUT2D eigenvalue weighted by atomic mass is 10.1. The molecule has 0 amide bonds. The molecule has 0 spiro atoms. The molecule has 0 saturated heterocycles. The SMILES string of the molecule is CCc1csc(-c2cc(C(=O)O)ccc2Cl)c1. The van der Waals surface area contributed by atoms with Gasteiger partial charge in [0.15, 0.2) is 0 Å². The summed E-state index contributed by atoms with van der Waals surface area (Å²) in [5.41, 5.74) is 2.29. The Morgan fingerprint density at radius 3 is 2.76 bits per heavy atom. The van der Waals surface area contributed by atoms with Crippen molar-refractivity contribution in [1.29, 1.82) is 0 Å². The minimum absolute atomic E-state index is 0.260. The van der Waals surface area contributed by atoms with E-state index in [4.69, 9.17) is 16.7 Å². The molecule has 88 valence electrons. The van der Waals surface area contributed by atoms with Crippen LogP contribution in [-0.2, 0) is 6.42 Å². The molecule has 0 unspecified atom stereocenters. The van der Waals surface area contributed by atoms with Gasteiger partial charge in [-0.2, -0.15) is 0 Å². The van der Waals surface area contributed by atoms with Crippen LogP contribution in [0.25, 0.3) is 10.4 Å². The number of thiophene rings is 1. The number of carboxylic acid groups (broad SMARTS) is 1. The zero-order valence-corrected chi connectivity index (χ0v) is 10.8. The molecule has 0 atom stereocenters. The van der Waals surface area contributed by atoms with Gasteiger partial charge in [0.25, 0.3) is 0 Å². The monoisotopic (exact) mass is 266 g/mol. The summed E-state index contributed by atoms with van der Waals surface area (Å²) in [6.07, 6.45) is 0.965. The first-order chi connectivity index (χ1) is 8.11. The van der Waals surface area contributed by atoms with Gasteiger partial charge in [0.2, 0.25) is 0 Å². The van der Waals surface area contributed by atoms with Crippen LogP contribution in [0.3, 0.4) is 0 Å². The Labute approximate surface area is 108 Å². The molecule has 1 aromatic heterocycles. The summed E-state index contributed by atoms with van der Waals surface area (Å²) in [5.74, 6) is -0.935. The van der Waals surface area contributed by atoms with Crippen molar-refractivity contribution >= 4 is 28.9 Å². The second-order valence-corrected chi connectivity index (χ2v) is 4.99. The van der Waals surface area contributed by atoms with Crippen LogP contribution in [0.15, 0.2) is 29.6 Å². The van der Waals surface area contributed by atoms with Crippen molar-refractivity contribution in [3.05, 3.63) is 45.8 Å². The summed E-state index contributed by atoms with van der Waals surface area (Å²) in [5, 5.41) is 11.6. The Morgan fingerprint density at radius 1 is 1.41 bits per heavy atom. The van der Waals surface area contributed by atoms with Crippen LogP contribution in [0.1, 0.15) is 22.8 Å². The predicted molar refractivity (Wildman–Crippen MR) is 71.1 cm³/mol. The molecule has 1 N–H and O–H groups in total. The summed E-state index contributed by atoms with van der Waals surface area (Å²) < 4.78 is 0. The van der Waals surface area contributed by atoms with E-state index in [0.717, 1.165) is 16.9 Å². The van der Waals surface area contributed by atoms with Crippen molar-refractivity contribution in [2.75, 3.05) is 0 Å². The molecular weight excluding hydrogens is 256 g/mol. The molecule has 0 saturated carbocycles. The summed E-state index contributed by atoms with van der Waals surface area (Å²) in [4.78, 5) is 11.9. The van der Waals surface area contributed by atoms with Gasteiger partial charge < -0.3 is 5.11 Å². The molecule has 0 aliphatic rings. The van der Waals surface area contributed by atoms with Crippen molar-refractivity contribution in [1.82, 2.24) is 0 Å². The second kappa shape index (κ2) is 4.90. The highest BCUT2D eigenvalue weighted by Crippen LogP contribution is 2.33. The first kappa shape index (κ1) is 12.1. The molecule has 2 nitrogen and oxygen atoms in total. The highest BCUT2D eigenvalue weighted by Gasteiger charge is 2.10. The Balaban J connectivity index is 2.49. The molecule has 0 aliphatic heterocycles. The molecular formula is C13H11ClO2S. The maximum absolute atomic E-state index is 10.9. The summed E-state index contributed by atoms with van der Waals surface area (Å²) in [7, 11) is 0. The van der Waals surface area contributed by atoms with Gasteiger partial charge in [-0.3, -0.25) is 0 Å². The van der Waals surface area contributed by atoms with E-state index in [2.05, 4.69) is 18.4 Å². The molecule has 4 heteroatoms. The maximum atomic E-state index is 10.9. The highest BCUT2D eigenvalue weighted by atomic mass is 35.5. The normalized spacial score (nSPS) is 10.5.